The molecule has 2 aromatic heterocycles. The number of amides is 1. The Kier molecular flexibility index (Phi) is 6.34. The number of nitrogens with zero attached hydrogens (tertiary/aromatic N) is 1. The summed E-state index contributed by atoms with van der Waals surface area (Å²) in [6, 6.07) is 10.3. The molecular formula is C21H20Cl2N2O3S2. The quantitative estimate of drug-likeness (QED) is 0.531. The molecule has 30 heavy (non-hydrogen) atoms. The number of carbonyl (C=O) groups is 1. The standard InChI is InChI=1S/C21H20Cl2N2O3S2/c22-15-8-16(23)10-18(9-15)30(27,28)17-3-1-13(2-4-17)11-25-21(26)19-7-14-5-6-24-12-20(14)29-19/h1-7,12,15-16,18H,8-11H2,(H,25,26). The zero-order valence-corrected chi connectivity index (χ0v) is 19.1. The van der Waals surface area contributed by atoms with E-state index >= 15 is 0 Å². The fourth-order valence-corrected chi connectivity index (χ4v) is 7.63. The fraction of sp³-hybridized carbons (Fsp3) is 0.333. The van der Waals surface area contributed by atoms with E-state index in [2.05, 4.69) is 10.3 Å². The average molecular weight is 483 g/mol. The Morgan fingerprint density at radius 1 is 1.10 bits per heavy atom. The molecule has 0 aliphatic heterocycles. The van der Waals surface area contributed by atoms with Crippen molar-refractivity contribution >= 4 is 60.4 Å². The summed E-state index contributed by atoms with van der Waals surface area (Å²) in [4.78, 5) is 17.4. The summed E-state index contributed by atoms with van der Waals surface area (Å²) >= 11 is 13.7. The van der Waals surface area contributed by atoms with E-state index in [1.807, 2.05) is 12.1 Å². The molecule has 1 saturated carbocycles. The number of benzene rings is 1. The number of carbonyl (C=O) groups excluding carboxylic acids is 1. The van der Waals surface area contributed by atoms with E-state index in [0.29, 0.717) is 30.7 Å². The van der Waals surface area contributed by atoms with Gasteiger partial charge in [0.05, 0.1) is 19.7 Å². The highest BCUT2D eigenvalue weighted by atomic mass is 35.5. The number of nitrogens with one attached hydrogen (secondary N) is 1. The van der Waals surface area contributed by atoms with Crippen molar-refractivity contribution in [1.29, 1.82) is 0 Å². The van der Waals surface area contributed by atoms with Gasteiger partial charge in [-0.25, -0.2) is 8.42 Å². The molecule has 0 bridgehead atoms. The van der Waals surface area contributed by atoms with Crippen LogP contribution < -0.4 is 5.32 Å². The van der Waals surface area contributed by atoms with E-state index in [-0.39, 0.29) is 21.6 Å². The maximum atomic E-state index is 12.9. The summed E-state index contributed by atoms with van der Waals surface area (Å²) in [6.45, 7) is 0.308. The van der Waals surface area contributed by atoms with E-state index in [1.54, 1.807) is 36.7 Å². The average Bonchev–Trinajstić information content (AvgIpc) is 3.16. The molecule has 2 atom stereocenters. The number of aromatic nitrogens is 1. The molecule has 1 aliphatic rings. The van der Waals surface area contributed by atoms with Gasteiger partial charge in [0.25, 0.3) is 5.91 Å². The molecule has 1 aliphatic carbocycles. The minimum Gasteiger partial charge on any atom is -0.347 e. The van der Waals surface area contributed by atoms with Gasteiger partial charge in [0.2, 0.25) is 0 Å². The van der Waals surface area contributed by atoms with E-state index in [1.165, 1.54) is 11.3 Å². The Morgan fingerprint density at radius 3 is 2.47 bits per heavy atom. The molecule has 0 spiro atoms. The fourth-order valence-electron chi connectivity index (χ4n) is 3.65. The molecular weight excluding hydrogens is 463 g/mol. The van der Waals surface area contributed by atoms with Gasteiger partial charge in [-0.15, -0.1) is 34.5 Å². The molecule has 0 saturated heterocycles. The lowest BCUT2D eigenvalue weighted by atomic mass is 9.99. The first-order chi connectivity index (χ1) is 14.3. The van der Waals surface area contributed by atoms with Gasteiger partial charge < -0.3 is 5.32 Å². The Balaban J connectivity index is 1.41. The van der Waals surface area contributed by atoms with Gasteiger partial charge in [-0.2, -0.15) is 0 Å². The number of pyridine rings is 1. The molecule has 4 rings (SSSR count). The summed E-state index contributed by atoms with van der Waals surface area (Å²) in [6.07, 6.45) is 4.89. The lowest BCUT2D eigenvalue weighted by Crippen LogP contribution is -2.33. The van der Waals surface area contributed by atoms with Crippen molar-refractivity contribution < 1.29 is 13.2 Å². The number of hydrogen-bond donors (Lipinski definition) is 1. The number of thiophene rings is 1. The molecule has 2 heterocycles. The van der Waals surface area contributed by atoms with Crippen molar-refractivity contribution in [3.8, 4) is 0 Å². The Hall–Kier alpha value is -1.67. The summed E-state index contributed by atoms with van der Waals surface area (Å²) in [5, 5.41) is 2.85. The van der Waals surface area contributed by atoms with E-state index in [9.17, 15) is 13.2 Å². The normalized spacial score (nSPS) is 22.1. The van der Waals surface area contributed by atoms with Crippen LogP contribution in [-0.2, 0) is 16.4 Å². The van der Waals surface area contributed by atoms with Gasteiger partial charge in [0.15, 0.2) is 9.84 Å². The Morgan fingerprint density at radius 2 is 1.80 bits per heavy atom. The maximum Gasteiger partial charge on any atom is 0.261 e. The third-order valence-corrected chi connectivity index (χ3v) is 9.23. The summed E-state index contributed by atoms with van der Waals surface area (Å²) < 4.78 is 26.8. The number of halogens is 2. The van der Waals surface area contributed by atoms with Crippen LogP contribution in [0.1, 0.15) is 34.5 Å². The molecule has 9 heteroatoms. The molecule has 1 N–H and O–H groups in total. The summed E-state index contributed by atoms with van der Waals surface area (Å²) in [5.41, 5.74) is 0.819. The Labute approximate surface area is 189 Å². The van der Waals surface area contributed by atoms with Crippen LogP contribution in [0.2, 0.25) is 0 Å². The van der Waals surface area contributed by atoms with Gasteiger partial charge in [0.1, 0.15) is 0 Å². The Bertz CT molecular complexity index is 1120. The molecule has 158 valence electrons. The molecule has 1 amide bonds. The van der Waals surface area contributed by atoms with Crippen LogP contribution in [0.15, 0.2) is 53.7 Å². The van der Waals surface area contributed by atoms with E-state index < -0.39 is 15.1 Å². The van der Waals surface area contributed by atoms with Crippen molar-refractivity contribution in [2.24, 2.45) is 0 Å². The first kappa shape index (κ1) is 21.6. The third-order valence-electron chi connectivity index (χ3n) is 5.24. The van der Waals surface area contributed by atoms with Crippen molar-refractivity contribution in [3.05, 3.63) is 59.2 Å². The second kappa shape index (κ2) is 8.83. The summed E-state index contributed by atoms with van der Waals surface area (Å²) in [7, 11) is -3.49. The monoisotopic (exact) mass is 482 g/mol. The minimum atomic E-state index is -3.49. The van der Waals surface area contributed by atoms with Crippen molar-refractivity contribution in [2.45, 2.75) is 46.7 Å². The minimum absolute atomic E-state index is 0.170. The van der Waals surface area contributed by atoms with Crippen LogP contribution >= 0.6 is 34.5 Å². The smallest absolute Gasteiger partial charge is 0.261 e. The van der Waals surface area contributed by atoms with Gasteiger partial charge >= 0.3 is 0 Å². The number of rotatable bonds is 5. The molecule has 0 radical (unpaired) electrons. The number of fused-ring (bicyclic) bond motifs is 1. The molecule has 2 unspecified atom stereocenters. The van der Waals surface area contributed by atoms with Crippen LogP contribution in [0, 0.1) is 0 Å². The van der Waals surface area contributed by atoms with Crippen molar-refractivity contribution in [2.75, 3.05) is 0 Å². The van der Waals surface area contributed by atoms with Gasteiger partial charge in [-0.3, -0.25) is 9.78 Å². The van der Waals surface area contributed by atoms with Crippen molar-refractivity contribution in [3.63, 3.8) is 0 Å². The lowest BCUT2D eigenvalue weighted by Gasteiger charge is -2.28. The zero-order chi connectivity index (χ0) is 21.3. The highest BCUT2D eigenvalue weighted by Gasteiger charge is 2.35. The molecule has 1 fully saturated rings. The largest absolute Gasteiger partial charge is 0.347 e. The number of hydrogen-bond acceptors (Lipinski definition) is 5. The van der Waals surface area contributed by atoms with Gasteiger partial charge in [0, 0.05) is 29.7 Å². The first-order valence-electron chi connectivity index (χ1n) is 9.55. The van der Waals surface area contributed by atoms with Crippen LogP contribution in [0.3, 0.4) is 0 Å². The highest BCUT2D eigenvalue weighted by molar-refractivity contribution is 7.92. The highest BCUT2D eigenvalue weighted by Crippen LogP contribution is 2.34. The SMILES string of the molecule is O=C(NCc1ccc(S(=O)(=O)C2CC(Cl)CC(Cl)C2)cc1)c1cc2ccncc2s1. The number of sulfone groups is 1. The zero-order valence-electron chi connectivity index (χ0n) is 15.9. The third kappa shape index (κ3) is 4.64. The van der Waals surface area contributed by atoms with Crippen LogP contribution in [0.5, 0.6) is 0 Å². The molecule has 1 aromatic carbocycles. The maximum absolute atomic E-state index is 12.9. The second-order valence-electron chi connectivity index (χ2n) is 7.42. The first-order valence-corrected chi connectivity index (χ1v) is 12.8. The van der Waals surface area contributed by atoms with Crippen LogP contribution in [0.4, 0.5) is 0 Å². The second-order valence-corrected chi connectivity index (χ2v) is 12.0. The topological polar surface area (TPSA) is 76.1 Å². The molecule has 3 aromatic rings. The van der Waals surface area contributed by atoms with E-state index in [4.69, 9.17) is 23.2 Å². The molecule has 5 nitrogen and oxygen atoms in total. The van der Waals surface area contributed by atoms with Crippen LogP contribution in [-0.4, -0.2) is 35.3 Å². The van der Waals surface area contributed by atoms with Gasteiger partial charge in [-0.05, 0) is 54.5 Å². The number of alkyl halides is 2. The summed E-state index contributed by atoms with van der Waals surface area (Å²) in [5.74, 6) is -0.170. The van der Waals surface area contributed by atoms with E-state index in [0.717, 1.165) is 15.6 Å². The predicted octanol–water partition coefficient (Wildman–Crippen LogP) is 4.77. The van der Waals surface area contributed by atoms with Crippen LogP contribution in [0.25, 0.3) is 10.1 Å². The van der Waals surface area contributed by atoms with Gasteiger partial charge in [-0.1, -0.05) is 12.1 Å². The lowest BCUT2D eigenvalue weighted by molar-refractivity contribution is 0.0955. The predicted molar refractivity (Wildman–Crippen MR) is 121 cm³/mol. The van der Waals surface area contributed by atoms with Crippen molar-refractivity contribution in [1.82, 2.24) is 10.3 Å².